The van der Waals surface area contributed by atoms with Crippen LogP contribution in [0.25, 0.3) is 0 Å². The Hall–Kier alpha value is -1.00. The molecule has 0 bridgehead atoms. The number of benzene rings is 1. The highest BCUT2D eigenvalue weighted by Gasteiger charge is 2.11. The molecule has 1 N–H and O–H groups in total. The van der Waals surface area contributed by atoms with Crippen molar-refractivity contribution in [2.24, 2.45) is 0 Å². The molecule has 1 aromatic carbocycles. The number of rotatable bonds is 8. The van der Waals surface area contributed by atoms with Crippen LogP contribution in [0.4, 0.5) is 0 Å². The molecule has 0 unspecified atom stereocenters. The molecule has 0 amide bonds. The molecule has 0 aromatic heterocycles. The fourth-order valence-corrected chi connectivity index (χ4v) is 2.26. The molecule has 1 rings (SSSR count). The van der Waals surface area contributed by atoms with Crippen molar-refractivity contribution in [2.45, 2.75) is 26.8 Å². The summed E-state index contributed by atoms with van der Waals surface area (Å²) < 4.78 is 12.0. The standard InChI is InChI=1S/C15H22BrNO2/c1-4-6-8-19-15-13(16)9-12(10-14(15)18-3)11-17-7-5-2/h4,6,9-10,17H,5,7-8,11H2,1-3H3/b6-4+. The monoisotopic (exact) mass is 327 g/mol. The Balaban J connectivity index is 2.81. The molecular weight excluding hydrogens is 306 g/mol. The lowest BCUT2D eigenvalue weighted by atomic mass is 10.2. The number of methoxy groups -OCH3 is 1. The zero-order valence-corrected chi connectivity index (χ0v) is 13.4. The van der Waals surface area contributed by atoms with E-state index >= 15 is 0 Å². The van der Waals surface area contributed by atoms with Crippen molar-refractivity contribution >= 4 is 15.9 Å². The summed E-state index contributed by atoms with van der Waals surface area (Å²) in [5.74, 6) is 1.51. The lowest BCUT2D eigenvalue weighted by Gasteiger charge is -2.13. The third kappa shape index (κ3) is 5.25. The molecule has 0 aliphatic carbocycles. The van der Waals surface area contributed by atoms with Gasteiger partial charge in [-0.05, 0) is 53.5 Å². The topological polar surface area (TPSA) is 30.5 Å². The molecule has 0 spiro atoms. The number of ether oxygens (including phenoxy) is 2. The van der Waals surface area contributed by atoms with Gasteiger partial charge in [-0.1, -0.05) is 19.1 Å². The molecule has 0 radical (unpaired) electrons. The molecule has 0 aliphatic heterocycles. The molecule has 0 saturated carbocycles. The maximum atomic E-state index is 5.70. The maximum absolute atomic E-state index is 5.70. The van der Waals surface area contributed by atoms with Crippen molar-refractivity contribution in [3.63, 3.8) is 0 Å². The summed E-state index contributed by atoms with van der Waals surface area (Å²) in [4.78, 5) is 0. The third-order valence-corrected chi connectivity index (χ3v) is 3.19. The van der Waals surface area contributed by atoms with Crippen LogP contribution in [0.3, 0.4) is 0 Å². The minimum Gasteiger partial charge on any atom is -0.493 e. The van der Waals surface area contributed by atoms with Gasteiger partial charge in [0.25, 0.3) is 0 Å². The predicted octanol–water partition coefficient (Wildman–Crippen LogP) is 3.91. The van der Waals surface area contributed by atoms with Crippen molar-refractivity contribution in [1.82, 2.24) is 5.32 Å². The van der Waals surface area contributed by atoms with Gasteiger partial charge in [0, 0.05) is 6.54 Å². The van der Waals surface area contributed by atoms with Crippen LogP contribution < -0.4 is 14.8 Å². The number of halogens is 1. The van der Waals surface area contributed by atoms with Crippen LogP contribution in [0.2, 0.25) is 0 Å². The molecule has 0 aliphatic rings. The highest BCUT2D eigenvalue weighted by molar-refractivity contribution is 9.10. The van der Waals surface area contributed by atoms with Crippen molar-refractivity contribution in [3.05, 3.63) is 34.3 Å². The minimum absolute atomic E-state index is 0.541. The average molecular weight is 328 g/mol. The molecule has 0 heterocycles. The summed E-state index contributed by atoms with van der Waals surface area (Å²) in [6.07, 6.45) is 5.05. The van der Waals surface area contributed by atoms with Crippen molar-refractivity contribution in [1.29, 1.82) is 0 Å². The van der Waals surface area contributed by atoms with Gasteiger partial charge in [-0.3, -0.25) is 0 Å². The smallest absolute Gasteiger partial charge is 0.175 e. The second-order valence-electron chi connectivity index (χ2n) is 4.17. The van der Waals surface area contributed by atoms with E-state index in [9.17, 15) is 0 Å². The van der Waals surface area contributed by atoms with Gasteiger partial charge < -0.3 is 14.8 Å². The molecule has 106 valence electrons. The van der Waals surface area contributed by atoms with E-state index < -0.39 is 0 Å². The van der Waals surface area contributed by atoms with E-state index in [1.807, 2.05) is 25.1 Å². The van der Waals surface area contributed by atoms with E-state index in [2.05, 4.69) is 34.2 Å². The molecular formula is C15H22BrNO2. The number of allylic oxidation sites excluding steroid dienone is 1. The summed E-state index contributed by atoms with van der Waals surface area (Å²) in [5, 5.41) is 3.37. The minimum atomic E-state index is 0.541. The fourth-order valence-electron chi connectivity index (χ4n) is 1.65. The number of nitrogens with one attached hydrogen (secondary N) is 1. The van der Waals surface area contributed by atoms with Gasteiger partial charge in [-0.2, -0.15) is 0 Å². The molecule has 19 heavy (non-hydrogen) atoms. The lowest BCUT2D eigenvalue weighted by Crippen LogP contribution is -2.14. The van der Waals surface area contributed by atoms with E-state index in [1.165, 1.54) is 5.56 Å². The summed E-state index contributed by atoms with van der Waals surface area (Å²) in [6, 6.07) is 4.08. The Morgan fingerprint density at radius 3 is 2.79 bits per heavy atom. The first-order valence-corrected chi connectivity index (χ1v) is 7.33. The highest BCUT2D eigenvalue weighted by Crippen LogP contribution is 2.36. The Kier molecular flexibility index (Phi) is 7.60. The van der Waals surface area contributed by atoms with Crippen molar-refractivity contribution in [2.75, 3.05) is 20.3 Å². The summed E-state index contributed by atoms with van der Waals surface area (Å²) in [7, 11) is 1.66. The number of hydrogen-bond acceptors (Lipinski definition) is 3. The fraction of sp³-hybridized carbons (Fsp3) is 0.467. The zero-order chi connectivity index (χ0) is 14.1. The third-order valence-electron chi connectivity index (χ3n) is 2.60. The SMILES string of the molecule is C/C=C/COc1c(Br)cc(CNCCC)cc1OC. The van der Waals surface area contributed by atoms with Gasteiger partial charge in [0.15, 0.2) is 11.5 Å². The van der Waals surface area contributed by atoms with Crippen LogP contribution in [-0.2, 0) is 6.54 Å². The summed E-state index contributed by atoms with van der Waals surface area (Å²) >= 11 is 3.54. The van der Waals surface area contributed by atoms with E-state index in [4.69, 9.17) is 9.47 Å². The van der Waals surface area contributed by atoms with Gasteiger partial charge in [0.05, 0.1) is 11.6 Å². The Bertz CT molecular complexity index is 419. The second-order valence-corrected chi connectivity index (χ2v) is 5.02. The van der Waals surface area contributed by atoms with Gasteiger partial charge >= 0.3 is 0 Å². The first-order chi connectivity index (χ1) is 9.22. The van der Waals surface area contributed by atoms with Gasteiger partial charge in [0.1, 0.15) is 6.61 Å². The maximum Gasteiger partial charge on any atom is 0.175 e. The van der Waals surface area contributed by atoms with Gasteiger partial charge in [-0.25, -0.2) is 0 Å². The van der Waals surface area contributed by atoms with Crippen LogP contribution in [0, 0.1) is 0 Å². The number of hydrogen-bond donors (Lipinski definition) is 1. The van der Waals surface area contributed by atoms with Crippen LogP contribution in [0.5, 0.6) is 11.5 Å². The van der Waals surface area contributed by atoms with Crippen LogP contribution in [0.1, 0.15) is 25.8 Å². The first-order valence-electron chi connectivity index (χ1n) is 6.54. The van der Waals surface area contributed by atoms with E-state index in [1.54, 1.807) is 7.11 Å². The molecule has 0 atom stereocenters. The molecule has 4 heteroatoms. The van der Waals surface area contributed by atoms with Crippen LogP contribution >= 0.6 is 15.9 Å². The van der Waals surface area contributed by atoms with Crippen LogP contribution in [-0.4, -0.2) is 20.3 Å². The molecule has 0 saturated heterocycles. The quantitative estimate of drug-likeness (QED) is 0.580. The zero-order valence-electron chi connectivity index (χ0n) is 11.8. The Morgan fingerprint density at radius 1 is 1.37 bits per heavy atom. The molecule has 3 nitrogen and oxygen atoms in total. The Labute approximate surface area is 124 Å². The summed E-state index contributed by atoms with van der Waals surface area (Å²) in [5.41, 5.74) is 1.18. The Morgan fingerprint density at radius 2 is 2.16 bits per heavy atom. The van der Waals surface area contributed by atoms with E-state index in [-0.39, 0.29) is 0 Å². The van der Waals surface area contributed by atoms with E-state index in [0.717, 1.165) is 35.5 Å². The van der Waals surface area contributed by atoms with Crippen molar-refractivity contribution < 1.29 is 9.47 Å². The molecule has 0 fully saturated rings. The highest BCUT2D eigenvalue weighted by atomic mass is 79.9. The molecule has 1 aromatic rings. The van der Waals surface area contributed by atoms with E-state index in [0.29, 0.717) is 6.61 Å². The first kappa shape index (κ1) is 16.1. The van der Waals surface area contributed by atoms with Gasteiger partial charge in [-0.15, -0.1) is 0 Å². The van der Waals surface area contributed by atoms with Gasteiger partial charge in [0.2, 0.25) is 0 Å². The second kappa shape index (κ2) is 8.99. The summed E-state index contributed by atoms with van der Waals surface area (Å²) in [6.45, 7) is 6.51. The normalized spacial score (nSPS) is 10.9. The average Bonchev–Trinajstić information content (AvgIpc) is 2.41. The van der Waals surface area contributed by atoms with Crippen molar-refractivity contribution in [3.8, 4) is 11.5 Å². The lowest BCUT2D eigenvalue weighted by molar-refractivity contribution is 0.324. The largest absolute Gasteiger partial charge is 0.493 e. The predicted molar refractivity (Wildman–Crippen MR) is 83.0 cm³/mol. The van der Waals surface area contributed by atoms with Crippen LogP contribution in [0.15, 0.2) is 28.8 Å².